The molecular weight excluding hydrogens is 200 g/mol. The molecule has 0 N–H and O–H groups in total. The van der Waals surface area contributed by atoms with E-state index >= 15 is 0 Å². The Morgan fingerprint density at radius 2 is 2.31 bits per heavy atom. The molecule has 4 heteroatoms. The van der Waals surface area contributed by atoms with Crippen molar-refractivity contribution in [3.05, 3.63) is 22.8 Å². The molecular formula is C9H10N2S2. The van der Waals surface area contributed by atoms with Crippen LogP contribution in [-0.4, -0.2) is 9.97 Å². The van der Waals surface area contributed by atoms with Gasteiger partial charge in [0, 0.05) is 17.8 Å². The molecule has 13 heavy (non-hydrogen) atoms. The summed E-state index contributed by atoms with van der Waals surface area (Å²) in [6.07, 6.45) is 5.99. The number of thiazole rings is 2. The van der Waals surface area contributed by atoms with Gasteiger partial charge in [0.1, 0.15) is 5.01 Å². The van der Waals surface area contributed by atoms with Crippen LogP contribution in [0.4, 0.5) is 0 Å². The van der Waals surface area contributed by atoms with Crippen LogP contribution >= 0.6 is 22.7 Å². The fraction of sp³-hybridized carbons (Fsp3) is 0.333. The zero-order chi connectivity index (χ0) is 9.10. The van der Waals surface area contributed by atoms with Gasteiger partial charge in [-0.05, 0) is 12.8 Å². The van der Waals surface area contributed by atoms with Gasteiger partial charge in [0.2, 0.25) is 0 Å². The summed E-state index contributed by atoms with van der Waals surface area (Å²) < 4.78 is 0. The molecule has 2 aromatic rings. The fourth-order valence-corrected chi connectivity index (χ4v) is 2.81. The second-order valence-electron chi connectivity index (χ2n) is 2.71. The van der Waals surface area contributed by atoms with Crippen LogP contribution in [0.2, 0.25) is 0 Å². The second kappa shape index (κ2) is 3.98. The highest BCUT2D eigenvalue weighted by Crippen LogP contribution is 2.27. The highest BCUT2D eigenvalue weighted by atomic mass is 32.1. The lowest BCUT2D eigenvalue weighted by Gasteiger charge is -1.87. The first kappa shape index (κ1) is 8.84. The summed E-state index contributed by atoms with van der Waals surface area (Å²) in [4.78, 5) is 9.79. The Morgan fingerprint density at radius 1 is 1.38 bits per heavy atom. The SMILES string of the molecule is CCCc1ncc(-c2nccs2)s1. The van der Waals surface area contributed by atoms with Gasteiger partial charge in [-0.3, -0.25) is 0 Å². The van der Waals surface area contributed by atoms with E-state index in [0.29, 0.717) is 0 Å². The standard InChI is InChI=1S/C9H10N2S2/c1-2-3-8-11-6-7(13-8)9-10-4-5-12-9/h4-6H,2-3H2,1H3. The number of rotatable bonds is 3. The summed E-state index contributed by atoms with van der Waals surface area (Å²) in [6, 6.07) is 0. The number of aryl methyl sites for hydroxylation is 1. The fourth-order valence-electron chi connectivity index (χ4n) is 1.08. The van der Waals surface area contributed by atoms with Crippen LogP contribution in [0.25, 0.3) is 9.88 Å². The highest BCUT2D eigenvalue weighted by Gasteiger charge is 2.05. The van der Waals surface area contributed by atoms with E-state index in [-0.39, 0.29) is 0 Å². The molecule has 0 aliphatic heterocycles. The maximum absolute atomic E-state index is 4.35. The number of hydrogen-bond acceptors (Lipinski definition) is 4. The van der Waals surface area contributed by atoms with Gasteiger partial charge in [-0.15, -0.1) is 22.7 Å². The smallest absolute Gasteiger partial charge is 0.134 e. The van der Waals surface area contributed by atoms with Crippen LogP contribution in [0.5, 0.6) is 0 Å². The van der Waals surface area contributed by atoms with Gasteiger partial charge < -0.3 is 0 Å². The first-order chi connectivity index (χ1) is 6.40. The van der Waals surface area contributed by atoms with Crippen molar-refractivity contribution in [2.24, 2.45) is 0 Å². The molecule has 0 saturated carbocycles. The Kier molecular flexibility index (Phi) is 2.71. The van der Waals surface area contributed by atoms with Gasteiger partial charge in [0.25, 0.3) is 0 Å². The molecule has 2 heterocycles. The highest BCUT2D eigenvalue weighted by molar-refractivity contribution is 7.20. The molecule has 0 spiro atoms. The lowest BCUT2D eigenvalue weighted by molar-refractivity contribution is 0.909. The largest absolute Gasteiger partial charge is 0.249 e. The molecule has 2 rings (SSSR count). The monoisotopic (exact) mass is 210 g/mol. The van der Waals surface area contributed by atoms with Gasteiger partial charge in [-0.1, -0.05) is 6.92 Å². The van der Waals surface area contributed by atoms with E-state index in [4.69, 9.17) is 0 Å². The summed E-state index contributed by atoms with van der Waals surface area (Å²) in [5.41, 5.74) is 0. The van der Waals surface area contributed by atoms with E-state index in [2.05, 4.69) is 16.9 Å². The van der Waals surface area contributed by atoms with Crippen LogP contribution in [-0.2, 0) is 6.42 Å². The third-order valence-corrected chi connectivity index (χ3v) is 3.66. The summed E-state index contributed by atoms with van der Waals surface area (Å²) in [7, 11) is 0. The molecule has 0 fully saturated rings. The molecule has 0 aliphatic carbocycles. The molecule has 0 aromatic carbocycles. The molecule has 0 aliphatic rings. The van der Waals surface area contributed by atoms with E-state index < -0.39 is 0 Å². The van der Waals surface area contributed by atoms with Crippen molar-refractivity contribution < 1.29 is 0 Å². The number of hydrogen-bond donors (Lipinski definition) is 0. The van der Waals surface area contributed by atoms with Gasteiger partial charge >= 0.3 is 0 Å². The van der Waals surface area contributed by atoms with Crippen molar-refractivity contribution in [1.82, 2.24) is 9.97 Å². The lowest BCUT2D eigenvalue weighted by Crippen LogP contribution is -1.76. The average Bonchev–Trinajstić information content (AvgIpc) is 2.70. The van der Waals surface area contributed by atoms with Crippen molar-refractivity contribution in [3.63, 3.8) is 0 Å². The summed E-state index contributed by atoms with van der Waals surface area (Å²) in [5, 5.41) is 4.29. The van der Waals surface area contributed by atoms with E-state index in [9.17, 15) is 0 Å². The summed E-state index contributed by atoms with van der Waals surface area (Å²) >= 11 is 3.42. The zero-order valence-corrected chi connectivity index (χ0v) is 8.99. The van der Waals surface area contributed by atoms with Crippen LogP contribution in [0, 0.1) is 0 Å². The van der Waals surface area contributed by atoms with E-state index in [1.165, 1.54) is 9.88 Å². The minimum Gasteiger partial charge on any atom is -0.249 e. The van der Waals surface area contributed by atoms with Crippen LogP contribution < -0.4 is 0 Å². The molecule has 2 aromatic heterocycles. The number of aromatic nitrogens is 2. The van der Waals surface area contributed by atoms with E-state index in [1.54, 1.807) is 22.7 Å². The van der Waals surface area contributed by atoms with E-state index in [0.717, 1.165) is 17.8 Å². The minimum absolute atomic E-state index is 1.08. The molecule has 0 bridgehead atoms. The molecule has 68 valence electrons. The molecule has 0 radical (unpaired) electrons. The Balaban J connectivity index is 2.23. The van der Waals surface area contributed by atoms with Crippen molar-refractivity contribution in [3.8, 4) is 9.88 Å². The predicted octanol–water partition coefficient (Wildman–Crippen LogP) is 3.22. The molecule has 0 atom stereocenters. The third-order valence-electron chi connectivity index (χ3n) is 1.66. The first-order valence-electron chi connectivity index (χ1n) is 4.24. The normalized spacial score (nSPS) is 10.5. The third kappa shape index (κ3) is 1.95. The topological polar surface area (TPSA) is 25.8 Å². The first-order valence-corrected chi connectivity index (χ1v) is 5.94. The molecule has 0 unspecified atom stereocenters. The van der Waals surface area contributed by atoms with Crippen molar-refractivity contribution in [2.75, 3.05) is 0 Å². The van der Waals surface area contributed by atoms with Crippen LogP contribution in [0.15, 0.2) is 17.8 Å². The Morgan fingerprint density at radius 3 is 3.00 bits per heavy atom. The molecule has 2 nitrogen and oxygen atoms in total. The summed E-state index contributed by atoms with van der Waals surface area (Å²) in [5.74, 6) is 0. The zero-order valence-electron chi connectivity index (χ0n) is 7.36. The van der Waals surface area contributed by atoms with Gasteiger partial charge in [-0.2, -0.15) is 0 Å². The van der Waals surface area contributed by atoms with Crippen molar-refractivity contribution in [1.29, 1.82) is 0 Å². The van der Waals surface area contributed by atoms with Crippen molar-refractivity contribution in [2.45, 2.75) is 19.8 Å². The quantitative estimate of drug-likeness (QED) is 0.777. The average molecular weight is 210 g/mol. The van der Waals surface area contributed by atoms with Gasteiger partial charge in [0.05, 0.1) is 9.88 Å². The molecule has 0 saturated heterocycles. The Bertz CT molecular complexity index is 365. The van der Waals surface area contributed by atoms with Crippen LogP contribution in [0.1, 0.15) is 18.4 Å². The Hall–Kier alpha value is -0.740. The van der Waals surface area contributed by atoms with Crippen molar-refractivity contribution >= 4 is 22.7 Å². The van der Waals surface area contributed by atoms with Crippen LogP contribution in [0.3, 0.4) is 0 Å². The molecule has 0 amide bonds. The summed E-state index contributed by atoms with van der Waals surface area (Å²) in [6.45, 7) is 2.17. The predicted molar refractivity (Wildman–Crippen MR) is 57.2 cm³/mol. The van der Waals surface area contributed by atoms with Gasteiger partial charge in [-0.25, -0.2) is 9.97 Å². The minimum atomic E-state index is 1.08. The van der Waals surface area contributed by atoms with E-state index in [1.807, 2.05) is 17.8 Å². The number of nitrogens with zero attached hydrogens (tertiary/aromatic N) is 2. The Labute approximate surface area is 85.3 Å². The second-order valence-corrected chi connectivity index (χ2v) is 4.72. The maximum Gasteiger partial charge on any atom is 0.134 e. The maximum atomic E-state index is 4.35. The van der Waals surface area contributed by atoms with Gasteiger partial charge in [0.15, 0.2) is 0 Å². The lowest BCUT2D eigenvalue weighted by atomic mass is 10.4.